The van der Waals surface area contributed by atoms with Gasteiger partial charge < -0.3 is 10.2 Å². The molecule has 1 aromatic heterocycles. The van der Waals surface area contributed by atoms with Crippen molar-refractivity contribution in [3.63, 3.8) is 0 Å². The molecule has 3 aromatic rings. The van der Waals surface area contributed by atoms with Gasteiger partial charge in [-0.05, 0) is 57.8 Å². The number of aromatic nitrogens is 4. The number of hydrogen-bond donors (Lipinski definition) is 1. The van der Waals surface area contributed by atoms with Gasteiger partial charge in [0, 0.05) is 31.9 Å². The van der Waals surface area contributed by atoms with E-state index < -0.39 is 0 Å². The van der Waals surface area contributed by atoms with Crippen LogP contribution in [0.25, 0.3) is 5.69 Å². The molecule has 1 aliphatic rings. The van der Waals surface area contributed by atoms with E-state index in [2.05, 4.69) is 58.6 Å². The summed E-state index contributed by atoms with van der Waals surface area (Å²) in [5, 5.41) is 14.9. The van der Waals surface area contributed by atoms with Crippen LogP contribution in [0.4, 0.5) is 14.9 Å². The van der Waals surface area contributed by atoms with Crippen LogP contribution in [0.15, 0.2) is 48.5 Å². The van der Waals surface area contributed by atoms with Gasteiger partial charge in [-0.15, -0.1) is 5.10 Å². The molecule has 32 heavy (non-hydrogen) atoms. The Kier molecular flexibility index (Phi) is 6.18. The van der Waals surface area contributed by atoms with Crippen molar-refractivity contribution in [3.05, 3.63) is 65.7 Å². The third kappa shape index (κ3) is 5.11. The average Bonchev–Trinajstić information content (AvgIpc) is 3.22. The lowest BCUT2D eigenvalue weighted by molar-refractivity contribution is 0.140. The molecule has 168 valence electrons. The molecule has 0 atom stereocenters. The molecule has 1 N–H and O–H groups in total. The highest BCUT2D eigenvalue weighted by atomic mass is 19.1. The Bertz CT molecular complexity index is 1050. The number of amides is 2. The number of halogens is 1. The van der Waals surface area contributed by atoms with Crippen molar-refractivity contribution in [2.45, 2.75) is 32.7 Å². The molecule has 0 spiro atoms. The maximum absolute atomic E-state index is 13.2. The number of urea groups is 1. The summed E-state index contributed by atoms with van der Waals surface area (Å²) in [7, 11) is 0. The van der Waals surface area contributed by atoms with E-state index in [1.165, 1.54) is 17.7 Å². The van der Waals surface area contributed by atoms with E-state index in [0.29, 0.717) is 44.2 Å². The Hall–Kier alpha value is -3.33. The van der Waals surface area contributed by atoms with E-state index in [9.17, 15) is 9.18 Å². The Balaban J connectivity index is 1.31. The van der Waals surface area contributed by atoms with E-state index >= 15 is 0 Å². The van der Waals surface area contributed by atoms with Crippen molar-refractivity contribution >= 4 is 11.7 Å². The fraction of sp³-hybridized carbons (Fsp3) is 0.391. The van der Waals surface area contributed by atoms with Gasteiger partial charge in [0.15, 0.2) is 5.82 Å². The third-order valence-corrected chi connectivity index (χ3v) is 5.63. The lowest BCUT2D eigenvalue weighted by atomic mass is 9.87. The van der Waals surface area contributed by atoms with Gasteiger partial charge in [-0.25, -0.2) is 9.18 Å². The zero-order chi connectivity index (χ0) is 22.7. The molecule has 1 saturated heterocycles. The molecule has 2 aromatic carbocycles. The van der Waals surface area contributed by atoms with Crippen molar-refractivity contribution in [2.24, 2.45) is 0 Å². The summed E-state index contributed by atoms with van der Waals surface area (Å²) in [6, 6.07) is 14.0. The molecule has 0 radical (unpaired) electrons. The second-order valence-corrected chi connectivity index (χ2v) is 9.00. The second-order valence-electron chi connectivity index (χ2n) is 9.00. The standard InChI is InChI=1S/C23H28FN7O/c1-23(2,3)17-4-8-19(9-5-17)25-22(32)30-14-12-29(13-15-30)16-21-26-27-28-31(21)20-10-6-18(24)7-11-20/h4-11H,12-16H2,1-3H3,(H,25,32). The van der Waals surface area contributed by atoms with Gasteiger partial charge in [0.2, 0.25) is 0 Å². The molecule has 0 bridgehead atoms. The predicted octanol–water partition coefficient (Wildman–Crippen LogP) is 3.45. The number of piperazine rings is 1. The molecule has 8 nitrogen and oxygen atoms in total. The maximum atomic E-state index is 13.2. The zero-order valence-electron chi connectivity index (χ0n) is 18.6. The monoisotopic (exact) mass is 437 g/mol. The smallest absolute Gasteiger partial charge is 0.321 e. The predicted molar refractivity (Wildman–Crippen MR) is 120 cm³/mol. The van der Waals surface area contributed by atoms with Crippen molar-refractivity contribution < 1.29 is 9.18 Å². The van der Waals surface area contributed by atoms with Gasteiger partial charge in [0.25, 0.3) is 0 Å². The minimum atomic E-state index is -0.303. The van der Waals surface area contributed by atoms with Crippen molar-refractivity contribution in [1.82, 2.24) is 30.0 Å². The first kappa shape index (κ1) is 21.9. The summed E-state index contributed by atoms with van der Waals surface area (Å²) in [6.07, 6.45) is 0. The number of rotatable bonds is 4. The first-order valence-corrected chi connectivity index (χ1v) is 10.7. The van der Waals surface area contributed by atoms with Crippen molar-refractivity contribution in [1.29, 1.82) is 0 Å². The lowest BCUT2D eigenvalue weighted by Gasteiger charge is -2.34. The highest BCUT2D eigenvalue weighted by molar-refractivity contribution is 5.89. The van der Waals surface area contributed by atoms with E-state index in [0.717, 1.165) is 5.69 Å². The minimum Gasteiger partial charge on any atom is -0.322 e. The summed E-state index contributed by atoms with van der Waals surface area (Å²) in [4.78, 5) is 16.7. The third-order valence-electron chi connectivity index (χ3n) is 5.63. The van der Waals surface area contributed by atoms with Gasteiger partial charge in [0.05, 0.1) is 12.2 Å². The number of anilines is 1. The van der Waals surface area contributed by atoms with Crippen LogP contribution in [-0.2, 0) is 12.0 Å². The highest BCUT2D eigenvalue weighted by Gasteiger charge is 2.23. The fourth-order valence-electron chi connectivity index (χ4n) is 3.65. The van der Waals surface area contributed by atoms with Crippen LogP contribution in [0, 0.1) is 5.82 Å². The summed E-state index contributed by atoms with van der Waals surface area (Å²) in [5.41, 5.74) is 2.81. The number of tetrazole rings is 1. The summed E-state index contributed by atoms with van der Waals surface area (Å²) in [5.74, 6) is 0.372. The summed E-state index contributed by atoms with van der Waals surface area (Å²) >= 11 is 0. The topological polar surface area (TPSA) is 79.2 Å². The minimum absolute atomic E-state index is 0.0787. The summed E-state index contributed by atoms with van der Waals surface area (Å²) < 4.78 is 14.8. The highest BCUT2D eigenvalue weighted by Crippen LogP contribution is 2.23. The second kappa shape index (κ2) is 9.04. The molecule has 0 saturated carbocycles. The van der Waals surface area contributed by atoms with Crippen LogP contribution in [0.2, 0.25) is 0 Å². The van der Waals surface area contributed by atoms with E-state index in [1.807, 2.05) is 17.0 Å². The van der Waals surface area contributed by atoms with Crippen LogP contribution in [-0.4, -0.2) is 62.2 Å². The van der Waals surface area contributed by atoms with E-state index in [-0.39, 0.29) is 17.3 Å². The van der Waals surface area contributed by atoms with Gasteiger partial charge in [-0.2, -0.15) is 4.68 Å². The average molecular weight is 438 g/mol. The Labute approximate surface area is 187 Å². The van der Waals surface area contributed by atoms with Crippen molar-refractivity contribution in [2.75, 3.05) is 31.5 Å². The Morgan fingerprint density at radius 3 is 2.28 bits per heavy atom. The number of nitrogens with zero attached hydrogens (tertiary/aromatic N) is 6. The molecule has 0 unspecified atom stereocenters. The lowest BCUT2D eigenvalue weighted by Crippen LogP contribution is -2.49. The van der Waals surface area contributed by atoms with Crippen LogP contribution in [0.1, 0.15) is 32.2 Å². The molecule has 0 aliphatic carbocycles. The molecule has 4 rings (SSSR count). The first-order valence-electron chi connectivity index (χ1n) is 10.7. The number of hydrogen-bond acceptors (Lipinski definition) is 5. The van der Waals surface area contributed by atoms with E-state index in [4.69, 9.17) is 0 Å². The molecule has 1 aliphatic heterocycles. The first-order chi connectivity index (χ1) is 15.3. The molecule has 9 heteroatoms. The van der Waals surface area contributed by atoms with Gasteiger partial charge >= 0.3 is 6.03 Å². The van der Waals surface area contributed by atoms with Gasteiger partial charge in [-0.1, -0.05) is 32.9 Å². The van der Waals surface area contributed by atoms with Crippen LogP contribution < -0.4 is 5.32 Å². The number of nitrogens with one attached hydrogen (secondary N) is 1. The van der Waals surface area contributed by atoms with E-state index in [1.54, 1.807) is 16.8 Å². The quantitative estimate of drug-likeness (QED) is 0.676. The maximum Gasteiger partial charge on any atom is 0.321 e. The zero-order valence-corrected chi connectivity index (χ0v) is 18.6. The summed E-state index contributed by atoms with van der Waals surface area (Å²) in [6.45, 7) is 9.70. The number of carbonyl (C=O) groups is 1. The molecule has 2 heterocycles. The van der Waals surface area contributed by atoms with Gasteiger partial charge in [-0.3, -0.25) is 4.90 Å². The number of benzene rings is 2. The largest absolute Gasteiger partial charge is 0.322 e. The van der Waals surface area contributed by atoms with Crippen LogP contribution >= 0.6 is 0 Å². The molecule has 1 fully saturated rings. The van der Waals surface area contributed by atoms with Crippen LogP contribution in [0.3, 0.4) is 0 Å². The fourth-order valence-corrected chi connectivity index (χ4v) is 3.65. The molecular weight excluding hydrogens is 409 g/mol. The molecular formula is C23H28FN7O. The SMILES string of the molecule is CC(C)(C)c1ccc(NC(=O)N2CCN(Cc3nnnn3-c3ccc(F)cc3)CC2)cc1. The van der Waals surface area contributed by atoms with Crippen LogP contribution in [0.5, 0.6) is 0 Å². The van der Waals surface area contributed by atoms with Crippen molar-refractivity contribution in [3.8, 4) is 5.69 Å². The number of carbonyl (C=O) groups excluding carboxylic acids is 1. The Morgan fingerprint density at radius 2 is 1.66 bits per heavy atom. The van der Waals surface area contributed by atoms with Gasteiger partial charge in [0.1, 0.15) is 5.82 Å². The normalized spacial score (nSPS) is 15.1. The molecule has 2 amide bonds. The Morgan fingerprint density at radius 1 is 1.00 bits per heavy atom.